The summed E-state index contributed by atoms with van der Waals surface area (Å²) < 4.78 is 15.4. The minimum Gasteiger partial charge on any atom is -0.469 e. The number of aryl methyl sites for hydroxylation is 1. The molecular weight excluding hydrogens is 376 g/mol. The zero-order valence-electron chi connectivity index (χ0n) is 16.0. The van der Waals surface area contributed by atoms with Crippen LogP contribution in [0.25, 0.3) is 0 Å². The van der Waals surface area contributed by atoms with Crippen molar-refractivity contribution in [1.29, 1.82) is 0 Å². The van der Waals surface area contributed by atoms with Crippen molar-refractivity contribution in [3.05, 3.63) is 60.1 Å². The van der Waals surface area contributed by atoms with Crippen molar-refractivity contribution in [3.8, 4) is 0 Å². The quantitative estimate of drug-likeness (QED) is 0.525. The molecule has 8 nitrogen and oxygen atoms in total. The number of esters is 1. The second-order valence-electron chi connectivity index (χ2n) is 7.08. The van der Waals surface area contributed by atoms with Gasteiger partial charge >= 0.3 is 12.1 Å². The van der Waals surface area contributed by atoms with Crippen molar-refractivity contribution in [1.82, 2.24) is 9.80 Å². The zero-order chi connectivity index (χ0) is 20.4. The fraction of sp³-hybridized carbons (Fsp3) is 0.381. The highest BCUT2D eigenvalue weighted by molar-refractivity contribution is 5.95. The molecule has 0 N–H and O–H groups in total. The summed E-state index contributed by atoms with van der Waals surface area (Å²) in [7, 11) is 1.28. The van der Waals surface area contributed by atoms with Gasteiger partial charge in [0.05, 0.1) is 25.5 Å². The van der Waals surface area contributed by atoms with Crippen LogP contribution in [-0.4, -0.2) is 60.1 Å². The van der Waals surface area contributed by atoms with Gasteiger partial charge in [0, 0.05) is 6.42 Å². The van der Waals surface area contributed by atoms with Crippen LogP contribution >= 0.6 is 0 Å². The van der Waals surface area contributed by atoms with E-state index in [-0.39, 0.29) is 31.1 Å². The normalized spacial score (nSPS) is 23.7. The van der Waals surface area contributed by atoms with Crippen molar-refractivity contribution >= 4 is 18.0 Å². The van der Waals surface area contributed by atoms with Crippen LogP contribution in [0.1, 0.15) is 23.8 Å². The van der Waals surface area contributed by atoms with Gasteiger partial charge in [-0.2, -0.15) is 0 Å². The third-order valence-electron chi connectivity index (χ3n) is 5.49. The van der Waals surface area contributed by atoms with E-state index in [1.165, 1.54) is 16.9 Å². The Balaban J connectivity index is 1.57. The van der Waals surface area contributed by atoms with Gasteiger partial charge in [-0.15, -0.1) is 0 Å². The first-order chi connectivity index (χ1) is 14.1. The largest absolute Gasteiger partial charge is 0.469 e. The molecule has 2 aromatic rings. The Bertz CT molecular complexity index is 882. The zero-order valence-corrected chi connectivity index (χ0v) is 16.0. The maximum atomic E-state index is 12.9. The summed E-state index contributed by atoms with van der Waals surface area (Å²) in [6, 6.07) is 11.8. The van der Waals surface area contributed by atoms with E-state index in [0.29, 0.717) is 12.8 Å². The molecule has 0 radical (unpaired) electrons. The number of rotatable bonds is 7. The summed E-state index contributed by atoms with van der Waals surface area (Å²) in [6.45, 7) is 0.0437. The van der Waals surface area contributed by atoms with Crippen LogP contribution in [0, 0.1) is 0 Å². The summed E-state index contributed by atoms with van der Waals surface area (Å²) in [4.78, 5) is 40.2. The van der Waals surface area contributed by atoms with E-state index in [0.717, 1.165) is 11.3 Å². The molecule has 1 aromatic heterocycles. The van der Waals surface area contributed by atoms with Crippen molar-refractivity contribution in [3.63, 3.8) is 0 Å². The average Bonchev–Trinajstić information content (AvgIpc) is 3.39. The Kier molecular flexibility index (Phi) is 5.24. The molecular formula is C21H22N2O6. The fourth-order valence-corrected chi connectivity index (χ4v) is 4.02. The maximum absolute atomic E-state index is 12.9. The van der Waals surface area contributed by atoms with E-state index in [1.807, 2.05) is 36.4 Å². The molecule has 0 bridgehead atoms. The lowest BCUT2D eigenvalue weighted by Crippen LogP contribution is -2.71. The summed E-state index contributed by atoms with van der Waals surface area (Å²) in [6.07, 6.45) is 2.20. The van der Waals surface area contributed by atoms with Crippen LogP contribution in [0.5, 0.6) is 0 Å². The molecule has 0 unspecified atom stereocenters. The van der Waals surface area contributed by atoms with E-state index in [1.54, 1.807) is 12.3 Å². The number of nitrogens with zero attached hydrogens (tertiary/aromatic N) is 2. The summed E-state index contributed by atoms with van der Waals surface area (Å²) >= 11 is 0. The van der Waals surface area contributed by atoms with E-state index in [4.69, 9.17) is 13.9 Å². The predicted octanol–water partition coefficient (Wildman–Crippen LogP) is 2.16. The number of hydrogen-bond acceptors (Lipinski definition) is 6. The highest BCUT2D eigenvalue weighted by Gasteiger charge is 2.56. The van der Waals surface area contributed by atoms with Crippen molar-refractivity contribution in [2.24, 2.45) is 0 Å². The first-order valence-corrected chi connectivity index (χ1v) is 9.50. The van der Waals surface area contributed by atoms with Crippen molar-refractivity contribution in [2.45, 2.75) is 31.0 Å². The number of benzene rings is 1. The molecule has 2 amide bonds. The lowest BCUT2D eigenvalue weighted by molar-refractivity contribution is -0.165. The van der Waals surface area contributed by atoms with Crippen LogP contribution in [0.15, 0.2) is 53.1 Å². The van der Waals surface area contributed by atoms with Gasteiger partial charge in [-0.1, -0.05) is 30.3 Å². The smallest absolute Gasteiger partial charge is 0.411 e. The van der Waals surface area contributed by atoms with Crippen LogP contribution < -0.4 is 0 Å². The van der Waals surface area contributed by atoms with Gasteiger partial charge in [0.25, 0.3) is 0 Å². The van der Waals surface area contributed by atoms with Crippen LogP contribution in [0.4, 0.5) is 4.79 Å². The van der Waals surface area contributed by atoms with E-state index >= 15 is 0 Å². The predicted molar refractivity (Wildman–Crippen MR) is 101 cm³/mol. The number of likely N-dealkylation sites (tertiary alicyclic amines) is 1. The van der Waals surface area contributed by atoms with Gasteiger partial charge in [-0.05, 0) is 24.1 Å². The molecule has 0 spiro atoms. The average molecular weight is 398 g/mol. The van der Waals surface area contributed by atoms with Crippen LogP contribution in [-0.2, 0) is 25.5 Å². The Morgan fingerprint density at radius 3 is 2.66 bits per heavy atom. The van der Waals surface area contributed by atoms with Gasteiger partial charge in [-0.25, -0.2) is 4.79 Å². The highest BCUT2D eigenvalue weighted by Crippen LogP contribution is 2.38. The molecule has 0 aliphatic carbocycles. The number of hydrogen-bond donors (Lipinski definition) is 0. The first kappa shape index (κ1) is 19.0. The van der Waals surface area contributed by atoms with Crippen LogP contribution in [0.2, 0.25) is 0 Å². The molecule has 2 saturated heterocycles. The third-order valence-corrected chi connectivity index (χ3v) is 5.49. The summed E-state index contributed by atoms with van der Waals surface area (Å²) in [5.74, 6) is 0.00718. The molecule has 152 valence electrons. The second kappa shape index (κ2) is 7.98. The van der Waals surface area contributed by atoms with Crippen molar-refractivity contribution < 1.29 is 28.3 Å². The lowest BCUT2D eigenvalue weighted by Gasteiger charge is -2.50. The molecule has 2 fully saturated rings. The molecule has 2 aliphatic heterocycles. The Labute approximate surface area is 168 Å². The lowest BCUT2D eigenvalue weighted by atomic mass is 9.87. The van der Waals surface area contributed by atoms with E-state index < -0.39 is 18.1 Å². The number of carbonyl (C=O) groups excluding carboxylic acids is 3. The number of ether oxygens (including phenoxy) is 2. The van der Waals surface area contributed by atoms with Gasteiger partial charge in [0.1, 0.15) is 25.0 Å². The minimum atomic E-state index is -0.685. The molecule has 1 aromatic carbocycles. The SMILES string of the molecule is COC(=O)CN1C(=O)[C@@H](N2C(=O)OC[C@@H]2c2ccccc2)[C@H]1CCc1ccco1. The summed E-state index contributed by atoms with van der Waals surface area (Å²) in [5, 5.41) is 0. The van der Waals surface area contributed by atoms with Gasteiger partial charge in [0.2, 0.25) is 5.91 Å². The Morgan fingerprint density at radius 1 is 1.17 bits per heavy atom. The minimum absolute atomic E-state index is 0.145. The van der Waals surface area contributed by atoms with Gasteiger partial charge < -0.3 is 18.8 Å². The van der Waals surface area contributed by atoms with Crippen LogP contribution in [0.3, 0.4) is 0 Å². The standard InChI is InChI=1S/C21H22N2O6/c1-27-18(24)12-22-16(10-9-15-8-5-11-28-15)19(20(22)25)23-17(13-29-21(23)26)14-6-3-2-4-7-14/h2-8,11,16-17,19H,9-10,12-13H2,1H3/t16-,17-,19+/m1/s1. The van der Waals surface area contributed by atoms with Crippen molar-refractivity contribution in [2.75, 3.05) is 20.3 Å². The number of amides is 2. The number of cyclic esters (lactones) is 1. The molecule has 0 saturated carbocycles. The molecule has 8 heteroatoms. The topological polar surface area (TPSA) is 89.3 Å². The molecule has 3 atom stereocenters. The highest BCUT2D eigenvalue weighted by atomic mass is 16.6. The van der Waals surface area contributed by atoms with Gasteiger partial charge in [0.15, 0.2) is 0 Å². The summed E-state index contributed by atoms with van der Waals surface area (Å²) in [5.41, 5.74) is 0.905. The Hall–Kier alpha value is -3.29. The molecule has 2 aliphatic rings. The monoisotopic (exact) mass is 398 g/mol. The van der Waals surface area contributed by atoms with Gasteiger partial charge in [-0.3, -0.25) is 14.5 Å². The molecule has 3 heterocycles. The fourth-order valence-electron chi connectivity index (χ4n) is 4.02. The third kappa shape index (κ3) is 3.57. The maximum Gasteiger partial charge on any atom is 0.411 e. The number of methoxy groups -OCH3 is 1. The number of β-lactam (4-membered cyclic amide) rings is 1. The number of carbonyl (C=O) groups is 3. The molecule has 4 rings (SSSR count). The second-order valence-corrected chi connectivity index (χ2v) is 7.08. The Morgan fingerprint density at radius 2 is 1.97 bits per heavy atom. The first-order valence-electron chi connectivity index (χ1n) is 9.50. The van der Waals surface area contributed by atoms with E-state index in [2.05, 4.69) is 0 Å². The van der Waals surface area contributed by atoms with E-state index in [9.17, 15) is 14.4 Å². The number of furan rings is 1. The molecule has 29 heavy (non-hydrogen) atoms.